The van der Waals surface area contributed by atoms with Crippen molar-refractivity contribution in [2.75, 3.05) is 42.9 Å². The summed E-state index contributed by atoms with van der Waals surface area (Å²) >= 11 is 0. The molecule has 3 rings (SSSR count). The molecule has 1 saturated heterocycles. The molecule has 1 aromatic heterocycles. The van der Waals surface area contributed by atoms with Crippen LogP contribution in [0, 0.1) is 5.95 Å². The van der Waals surface area contributed by atoms with E-state index in [1.807, 2.05) is 9.80 Å². The Labute approximate surface area is 153 Å². The second-order valence-electron chi connectivity index (χ2n) is 6.20. The maximum absolute atomic E-state index is 13.2. The van der Waals surface area contributed by atoms with Crippen LogP contribution in [0.2, 0.25) is 0 Å². The quantitative estimate of drug-likeness (QED) is 0.653. The van der Waals surface area contributed by atoms with Gasteiger partial charge < -0.3 is 10.2 Å². The number of alkyl halides is 3. The van der Waals surface area contributed by atoms with Gasteiger partial charge in [0.2, 0.25) is 11.9 Å². The Hall–Kier alpha value is -2.68. The number of nitrogens with one attached hydrogen (secondary N) is 1. The highest BCUT2D eigenvalue weighted by Crippen LogP contribution is 2.29. The van der Waals surface area contributed by atoms with Gasteiger partial charge in [-0.2, -0.15) is 17.6 Å². The SMILES string of the molecule is O=C(CN1CCN(c2cccc(F)n2)CC1)Nc1ccc(C(F)(F)F)cc1. The van der Waals surface area contributed by atoms with Crippen LogP contribution in [0.25, 0.3) is 0 Å². The van der Waals surface area contributed by atoms with E-state index in [0.717, 1.165) is 12.1 Å². The third kappa shape index (κ3) is 5.16. The predicted molar refractivity (Wildman–Crippen MR) is 92.9 cm³/mol. The molecule has 5 nitrogen and oxygen atoms in total. The zero-order valence-electron chi connectivity index (χ0n) is 14.3. The monoisotopic (exact) mass is 382 g/mol. The molecule has 0 spiro atoms. The number of piperazine rings is 1. The number of amides is 1. The molecular formula is C18H18F4N4O. The van der Waals surface area contributed by atoms with Gasteiger partial charge in [-0.3, -0.25) is 9.69 Å². The van der Waals surface area contributed by atoms with Crippen molar-refractivity contribution in [3.8, 4) is 0 Å². The first-order valence-electron chi connectivity index (χ1n) is 8.38. The summed E-state index contributed by atoms with van der Waals surface area (Å²) in [5.74, 6) is -0.276. The summed E-state index contributed by atoms with van der Waals surface area (Å²) < 4.78 is 50.8. The number of nitrogens with zero attached hydrogens (tertiary/aromatic N) is 3. The minimum Gasteiger partial charge on any atom is -0.354 e. The number of rotatable bonds is 4. The molecule has 0 bridgehead atoms. The Kier molecular flexibility index (Phi) is 5.59. The van der Waals surface area contributed by atoms with E-state index in [4.69, 9.17) is 0 Å². The zero-order chi connectivity index (χ0) is 19.4. The molecule has 1 fully saturated rings. The van der Waals surface area contributed by atoms with Crippen molar-refractivity contribution in [2.24, 2.45) is 0 Å². The van der Waals surface area contributed by atoms with Crippen LogP contribution >= 0.6 is 0 Å². The molecule has 1 aliphatic heterocycles. The molecule has 0 atom stereocenters. The van der Waals surface area contributed by atoms with Crippen molar-refractivity contribution >= 4 is 17.4 Å². The van der Waals surface area contributed by atoms with Gasteiger partial charge >= 0.3 is 6.18 Å². The summed E-state index contributed by atoms with van der Waals surface area (Å²) in [6.07, 6.45) is -4.40. The van der Waals surface area contributed by atoms with Crippen molar-refractivity contribution in [2.45, 2.75) is 6.18 Å². The summed E-state index contributed by atoms with van der Waals surface area (Å²) in [5.41, 5.74) is -0.446. The molecule has 1 aliphatic rings. The Morgan fingerprint density at radius 3 is 2.30 bits per heavy atom. The number of anilines is 2. The standard InChI is InChI=1S/C18H18F4N4O/c19-15-2-1-3-16(24-15)26-10-8-25(9-11-26)12-17(27)23-14-6-4-13(5-7-14)18(20,21)22/h1-7H,8-12H2,(H,23,27). The van der Waals surface area contributed by atoms with E-state index in [-0.39, 0.29) is 12.5 Å². The Morgan fingerprint density at radius 2 is 1.70 bits per heavy atom. The molecular weight excluding hydrogens is 364 g/mol. The van der Waals surface area contributed by atoms with Crippen LogP contribution in [0.5, 0.6) is 0 Å². The Balaban J connectivity index is 1.48. The van der Waals surface area contributed by atoms with Crippen LogP contribution in [-0.4, -0.2) is 48.5 Å². The topological polar surface area (TPSA) is 48.5 Å². The number of carbonyl (C=O) groups excluding carboxylic acids is 1. The van der Waals surface area contributed by atoms with E-state index in [0.29, 0.717) is 37.7 Å². The van der Waals surface area contributed by atoms with E-state index in [9.17, 15) is 22.4 Å². The van der Waals surface area contributed by atoms with Crippen molar-refractivity contribution in [1.82, 2.24) is 9.88 Å². The van der Waals surface area contributed by atoms with Gasteiger partial charge in [-0.25, -0.2) is 4.98 Å². The number of hydrogen-bond donors (Lipinski definition) is 1. The van der Waals surface area contributed by atoms with Crippen LogP contribution < -0.4 is 10.2 Å². The lowest BCUT2D eigenvalue weighted by molar-refractivity contribution is -0.137. The fourth-order valence-electron chi connectivity index (χ4n) is 2.85. The van der Waals surface area contributed by atoms with Gasteiger partial charge in [-0.05, 0) is 36.4 Å². The first-order chi connectivity index (χ1) is 12.8. The fraction of sp³-hybridized carbons (Fsp3) is 0.333. The Morgan fingerprint density at radius 1 is 1.04 bits per heavy atom. The Bertz CT molecular complexity index is 787. The van der Waals surface area contributed by atoms with E-state index in [1.54, 1.807) is 12.1 Å². The van der Waals surface area contributed by atoms with Crippen molar-refractivity contribution in [3.63, 3.8) is 0 Å². The highest BCUT2D eigenvalue weighted by Gasteiger charge is 2.30. The van der Waals surface area contributed by atoms with Crippen LogP contribution in [0.3, 0.4) is 0 Å². The molecule has 1 amide bonds. The largest absolute Gasteiger partial charge is 0.416 e. The third-order valence-corrected chi connectivity index (χ3v) is 4.26. The second kappa shape index (κ2) is 7.91. The van der Waals surface area contributed by atoms with Gasteiger partial charge in [-0.15, -0.1) is 0 Å². The normalized spacial score (nSPS) is 15.6. The highest BCUT2D eigenvalue weighted by molar-refractivity contribution is 5.92. The molecule has 0 saturated carbocycles. The summed E-state index contributed by atoms with van der Waals surface area (Å²) in [6, 6.07) is 8.94. The van der Waals surface area contributed by atoms with Crippen LogP contribution in [0.15, 0.2) is 42.5 Å². The fourth-order valence-corrected chi connectivity index (χ4v) is 2.85. The zero-order valence-corrected chi connectivity index (χ0v) is 14.3. The first-order valence-corrected chi connectivity index (χ1v) is 8.38. The summed E-state index contributed by atoms with van der Waals surface area (Å²) in [7, 11) is 0. The summed E-state index contributed by atoms with van der Waals surface area (Å²) in [6.45, 7) is 2.52. The van der Waals surface area contributed by atoms with E-state index < -0.39 is 17.7 Å². The van der Waals surface area contributed by atoms with E-state index >= 15 is 0 Å². The summed E-state index contributed by atoms with van der Waals surface area (Å²) in [5, 5.41) is 2.59. The molecule has 27 heavy (non-hydrogen) atoms. The van der Waals surface area contributed by atoms with Gasteiger partial charge in [0, 0.05) is 31.9 Å². The van der Waals surface area contributed by atoms with E-state index in [1.165, 1.54) is 18.2 Å². The number of pyridine rings is 1. The number of benzene rings is 1. The molecule has 1 N–H and O–H groups in total. The van der Waals surface area contributed by atoms with Crippen LogP contribution in [-0.2, 0) is 11.0 Å². The molecule has 2 heterocycles. The second-order valence-corrected chi connectivity index (χ2v) is 6.20. The molecule has 0 radical (unpaired) electrons. The summed E-state index contributed by atoms with van der Waals surface area (Å²) in [4.78, 5) is 19.8. The molecule has 0 aliphatic carbocycles. The van der Waals surface area contributed by atoms with Crippen LogP contribution in [0.4, 0.5) is 29.1 Å². The molecule has 2 aromatic rings. The van der Waals surface area contributed by atoms with Crippen molar-refractivity contribution in [3.05, 3.63) is 54.0 Å². The maximum Gasteiger partial charge on any atom is 0.416 e. The van der Waals surface area contributed by atoms with Gasteiger partial charge in [0.05, 0.1) is 12.1 Å². The van der Waals surface area contributed by atoms with E-state index in [2.05, 4.69) is 10.3 Å². The number of carbonyl (C=O) groups is 1. The molecule has 1 aromatic carbocycles. The molecule has 9 heteroatoms. The van der Waals surface area contributed by atoms with Crippen LogP contribution in [0.1, 0.15) is 5.56 Å². The van der Waals surface area contributed by atoms with Gasteiger partial charge in [-0.1, -0.05) is 6.07 Å². The first kappa shape index (κ1) is 19.1. The van der Waals surface area contributed by atoms with Crippen molar-refractivity contribution in [1.29, 1.82) is 0 Å². The number of aromatic nitrogens is 1. The lowest BCUT2D eigenvalue weighted by Crippen LogP contribution is -2.49. The van der Waals surface area contributed by atoms with Gasteiger partial charge in [0.25, 0.3) is 0 Å². The predicted octanol–water partition coefficient (Wildman–Crippen LogP) is 3.00. The molecule has 0 unspecified atom stereocenters. The lowest BCUT2D eigenvalue weighted by atomic mass is 10.2. The minimum absolute atomic E-state index is 0.130. The minimum atomic E-state index is -4.40. The average Bonchev–Trinajstić information content (AvgIpc) is 2.62. The lowest BCUT2D eigenvalue weighted by Gasteiger charge is -2.34. The maximum atomic E-state index is 13.2. The highest BCUT2D eigenvalue weighted by atomic mass is 19.4. The number of hydrogen-bond acceptors (Lipinski definition) is 4. The van der Waals surface area contributed by atoms with Gasteiger partial charge in [0.1, 0.15) is 5.82 Å². The number of halogens is 4. The van der Waals surface area contributed by atoms with Gasteiger partial charge in [0.15, 0.2) is 0 Å². The third-order valence-electron chi connectivity index (χ3n) is 4.26. The molecule has 144 valence electrons. The smallest absolute Gasteiger partial charge is 0.354 e. The average molecular weight is 382 g/mol. The van der Waals surface area contributed by atoms with Crippen molar-refractivity contribution < 1.29 is 22.4 Å².